The maximum Gasteiger partial charge on any atom is 0.352 e. The van der Waals surface area contributed by atoms with E-state index in [9.17, 15) is 39.6 Å². The van der Waals surface area contributed by atoms with Crippen molar-refractivity contribution in [2.75, 3.05) is 11.5 Å². The van der Waals surface area contributed by atoms with Crippen molar-refractivity contribution in [3.05, 3.63) is 87.6 Å². The summed E-state index contributed by atoms with van der Waals surface area (Å²) >= 11 is 2.27. The van der Waals surface area contributed by atoms with Crippen molar-refractivity contribution in [3.63, 3.8) is 0 Å². The number of aliphatic hydroxyl groups is 2. The number of benzene rings is 1. The van der Waals surface area contributed by atoms with Gasteiger partial charge in [-0.05, 0) is 38.0 Å². The molecule has 0 aliphatic carbocycles. The van der Waals surface area contributed by atoms with Crippen molar-refractivity contribution in [3.8, 4) is 0 Å². The molecule has 2 aliphatic heterocycles. The highest BCUT2D eigenvalue weighted by atomic mass is 32.2. The van der Waals surface area contributed by atoms with Gasteiger partial charge in [0.05, 0.1) is 0 Å². The first-order valence-electron chi connectivity index (χ1n) is 14.2. The average molecular weight is 698 g/mol. The minimum absolute atomic E-state index is 0.00667. The van der Waals surface area contributed by atoms with Gasteiger partial charge in [-0.2, -0.15) is 0 Å². The number of rotatable bonds is 13. The zero-order chi connectivity index (χ0) is 35.3. The molecule has 1 aromatic carbocycles. The lowest BCUT2D eigenvalue weighted by Crippen LogP contribution is -2.71. The van der Waals surface area contributed by atoms with Gasteiger partial charge in [0.15, 0.2) is 23.1 Å². The van der Waals surface area contributed by atoms with Crippen LogP contribution in [0.4, 0.5) is 5.13 Å². The summed E-state index contributed by atoms with van der Waals surface area (Å²) in [6.45, 7) is 8.21. The molecule has 1 aromatic heterocycles. The molecule has 1 saturated heterocycles. The molecule has 17 heteroatoms. The molecule has 0 saturated carbocycles. The number of thiazole rings is 1. The highest BCUT2D eigenvalue weighted by molar-refractivity contribution is 8.00. The molecule has 2 amide bonds. The lowest BCUT2D eigenvalue weighted by atomic mass is 10.0. The largest absolute Gasteiger partial charge is 0.504 e. The minimum Gasteiger partial charge on any atom is -0.504 e. The number of carboxylic acids is 2. The van der Waals surface area contributed by atoms with Crippen molar-refractivity contribution in [1.29, 1.82) is 0 Å². The van der Waals surface area contributed by atoms with Gasteiger partial charge in [0.1, 0.15) is 29.5 Å². The monoisotopic (exact) mass is 697 g/mol. The highest BCUT2D eigenvalue weighted by Crippen LogP contribution is 2.41. The second kappa shape index (κ2) is 14.6. The van der Waals surface area contributed by atoms with Crippen LogP contribution in [0.2, 0.25) is 0 Å². The molecule has 3 heterocycles. The van der Waals surface area contributed by atoms with Gasteiger partial charge >= 0.3 is 11.9 Å². The van der Waals surface area contributed by atoms with Crippen LogP contribution in [-0.2, 0) is 30.6 Å². The van der Waals surface area contributed by atoms with E-state index in [1.54, 1.807) is 19.1 Å². The van der Waals surface area contributed by atoms with E-state index in [2.05, 4.69) is 22.2 Å². The number of nitrogens with two attached hydrogens (primary N) is 1. The number of nitrogen functional groups attached to an aromatic ring is 1. The van der Waals surface area contributed by atoms with E-state index in [1.807, 2.05) is 24.3 Å². The number of carbonyl (C=O) groups excluding carboxylic acids is 2. The molecular formula is C31H33N6O9S2+. The average Bonchev–Trinajstić information content (AvgIpc) is 3.47. The molecule has 7 N–H and O–H groups in total. The van der Waals surface area contributed by atoms with E-state index in [0.29, 0.717) is 12.1 Å². The van der Waals surface area contributed by atoms with E-state index < -0.39 is 46.5 Å². The molecule has 0 spiro atoms. The molecule has 2 aliphatic rings. The third kappa shape index (κ3) is 7.92. The Labute approximate surface area is 282 Å². The van der Waals surface area contributed by atoms with Crippen LogP contribution in [0.5, 0.6) is 0 Å². The van der Waals surface area contributed by atoms with Crippen LogP contribution in [0.1, 0.15) is 37.6 Å². The van der Waals surface area contributed by atoms with Crippen molar-refractivity contribution in [2.24, 2.45) is 5.16 Å². The number of hydrogen-bond donors (Lipinski definition) is 6. The Balaban J connectivity index is 1.47. The number of aliphatic hydroxyl groups excluding tert-OH is 2. The summed E-state index contributed by atoms with van der Waals surface area (Å²) in [6.07, 6.45) is 5.98. The Kier molecular flexibility index (Phi) is 10.7. The Morgan fingerprint density at radius 3 is 2.46 bits per heavy atom. The number of allylic oxidation sites excluding steroid dienone is 2. The maximum absolute atomic E-state index is 13.3. The number of nitrogens with one attached hydrogen (secondary N) is 1. The smallest absolute Gasteiger partial charge is 0.352 e. The molecule has 0 bridgehead atoms. The van der Waals surface area contributed by atoms with Crippen LogP contribution in [0.3, 0.4) is 0 Å². The summed E-state index contributed by atoms with van der Waals surface area (Å²) in [4.78, 5) is 60.5. The quantitative estimate of drug-likeness (QED) is 0.0444. The number of oxime groups is 1. The van der Waals surface area contributed by atoms with Gasteiger partial charge in [0.2, 0.25) is 17.6 Å². The SMILES string of the molecule is C=[N+](/C=C(O)\C(O)=C/C)Cc1ccc(/C=C/C2=C(C(=O)O)N3C(=O)[C@@H](NC(=O)/C(=N\OC(C)(C)C(=O)O)c4csc(N)n4)[C@H]3SC2)cc1. The standard InChI is InChI=1S/C31H32N6O9S2/c1-5-20(38)21(39)13-36(4)12-17-8-6-16(7-9-17)10-11-18-14-47-27-23(26(41)37(27)24(18)28(42)43)34-25(40)22(19-15-48-30(32)33-19)35-46-31(2,3)29(44)45/h5-11,13,15,23,27H,4,12,14H2,1-3H3,(H6-,32,33,34,38,39,40,42,43,44,45)/p+1/b11-10+,20-5+,21-13+,35-22-/t23-,27-/m1/s1. The molecule has 0 unspecified atom stereocenters. The van der Waals surface area contributed by atoms with Crippen LogP contribution in [0.25, 0.3) is 6.08 Å². The Morgan fingerprint density at radius 1 is 1.19 bits per heavy atom. The first-order chi connectivity index (χ1) is 22.6. The third-order valence-electron chi connectivity index (χ3n) is 7.03. The van der Waals surface area contributed by atoms with Crippen molar-refractivity contribution in [1.82, 2.24) is 15.2 Å². The van der Waals surface area contributed by atoms with Crippen molar-refractivity contribution >= 4 is 70.5 Å². The van der Waals surface area contributed by atoms with Crippen LogP contribution >= 0.6 is 23.1 Å². The van der Waals surface area contributed by atoms with Gasteiger partial charge in [-0.15, -0.1) is 23.1 Å². The van der Waals surface area contributed by atoms with Crippen LogP contribution in [-0.4, -0.2) is 93.8 Å². The van der Waals surface area contributed by atoms with E-state index in [4.69, 9.17) is 10.6 Å². The van der Waals surface area contributed by atoms with Crippen LogP contribution in [0.15, 0.2) is 75.9 Å². The maximum atomic E-state index is 13.3. The van der Waals surface area contributed by atoms with E-state index >= 15 is 0 Å². The van der Waals surface area contributed by atoms with E-state index in [0.717, 1.165) is 27.4 Å². The van der Waals surface area contributed by atoms with Crippen molar-refractivity contribution < 1.29 is 49.0 Å². The second-order valence-corrected chi connectivity index (χ2v) is 13.0. The third-order valence-corrected chi connectivity index (χ3v) is 9.01. The molecule has 1 fully saturated rings. The fourth-order valence-electron chi connectivity index (χ4n) is 4.38. The zero-order valence-corrected chi connectivity index (χ0v) is 27.6. The number of carbonyl (C=O) groups is 4. The Morgan fingerprint density at radius 2 is 1.88 bits per heavy atom. The van der Waals surface area contributed by atoms with Gasteiger partial charge in [-0.1, -0.05) is 41.6 Å². The molecule has 15 nitrogen and oxygen atoms in total. The van der Waals surface area contributed by atoms with E-state index in [-0.39, 0.29) is 33.8 Å². The number of β-lactam (4-membered cyclic amide) rings is 1. The second-order valence-electron chi connectivity index (χ2n) is 11.0. The number of anilines is 1. The predicted molar refractivity (Wildman–Crippen MR) is 179 cm³/mol. The number of nitrogens with zero attached hydrogens (tertiary/aromatic N) is 4. The highest BCUT2D eigenvalue weighted by Gasteiger charge is 2.54. The van der Waals surface area contributed by atoms with Crippen molar-refractivity contribution in [2.45, 2.75) is 44.3 Å². The molecule has 4 rings (SSSR count). The van der Waals surface area contributed by atoms with Gasteiger partial charge in [-0.3, -0.25) is 14.5 Å². The van der Waals surface area contributed by atoms with Gasteiger partial charge in [0.25, 0.3) is 11.8 Å². The summed E-state index contributed by atoms with van der Waals surface area (Å²) in [5.74, 6) is -4.55. The fraction of sp³-hybridized carbons (Fsp3) is 0.258. The van der Waals surface area contributed by atoms with E-state index in [1.165, 1.54) is 47.8 Å². The number of carboxylic acid groups (broad SMARTS) is 2. The topological polar surface area (TPSA) is 228 Å². The Bertz CT molecular complexity index is 1810. The summed E-state index contributed by atoms with van der Waals surface area (Å²) in [5.41, 5.74) is 5.31. The van der Waals surface area contributed by atoms with Gasteiger partial charge in [0, 0.05) is 16.7 Å². The lowest BCUT2D eigenvalue weighted by molar-refractivity contribution is -0.467. The normalized spacial score (nSPS) is 18.8. The molecule has 2 atom stereocenters. The summed E-state index contributed by atoms with van der Waals surface area (Å²) in [7, 11) is 0. The van der Waals surface area contributed by atoms with Gasteiger partial charge < -0.3 is 36.3 Å². The number of amides is 2. The molecule has 48 heavy (non-hydrogen) atoms. The number of aromatic nitrogens is 1. The first-order valence-corrected chi connectivity index (χ1v) is 16.1. The number of aliphatic carboxylic acids is 2. The Hall–Kier alpha value is -5.42. The summed E-state index contributed by atoms with van der Waals surface area (Å²) in [6, 6.07) is 6.17. The molecule has 0 radical (unpaired) electrons. The minimum atomic E-state index is -1.78. The summed E-state index contributed by atoms with van der Waals surface area (Å²) < 4.78 is 1.45. The molecular weight excluding hydrogens is 665 g/mol. The predicted octanol–water partition coefficient (Wildman–Crippen LogP) is 2.84. The summed E-state index contributed by atoms with van der Waals surface area (Å²) in [5, 5.41) is 45.9. The number of hydrogen-bond acceptors (Lipinski definition) is 12. The van der Waals surface area contributed by atoms with Crippen LogP contribution < -0.4 is 11.1 Å². The van der Waals surface area contributed by atoms with Crippen LogP contribution in [0, 0.1) is 0 Å². The first kappa shape index (κ1) is 35.4. The number of fused-ring (bicyclic) bond motifs is 1. The molecule has 2 aromatic rings. The van der Waals surface area contributed by atoms with Gasteiger partial charge in [-0.25, -0.2) is 19.1 Å². The number of thioether (sulfide) groups is 1. The zero-order valence-electron chi connectivity index (χ0n) is 26.0. The fourth-order valence-corrected chi connectivity index (χ4v) is 6.24. The lowest BCUT2D eigenvalue weighted by Gasteiger charge is -2.49. The molecule has 252 valence electrons.